The fraction of sp³-hybridized carbons (Fsp3) is 0.0492. The van der Waals surface area contributed by atoms with E-state index < -0.39 is 0 Å². The molecule has 0 spiro atoms. The number of rotatable bonds is 6. The highest BCUT2D eigenvalue weighted by Crippen LogP contribution is 2.50. The predicted octanol–water partition coefficient (Wildman–Crippen LogP) is 15.0. The van der Waals surface area contributed by atoms with Gasteiger partial charge >= 0.3 is 0 Å². The van der Waals surface area contributed by atoms with Gasteiger partial charge in [0.25, 0.3) is 0 Å². The molecule has 67 heavy (non-hydrogen) atoms. The van der Waals surface area contributed by atoms with E-state index in [4.69, 9.17) is 24.9 Å². The van der Waals surface area contributed by atoms with Gasteiger partial charge in [-0.3, -0.25) is 15.0 Å². The van der Waals surface area contributed by atoms with Crippen LogP contribution in [0.3, 0.4) is 0 Å². The minimum absolute atomic E-state index is 0.196. The maximum absolute atomic E-state index is 5.45. The van der Waals surface area contributed by atoms with Crippen LogP contribution in [-0.2, 0) is 5.41 Å². The Morgan fingerprint density at radius 2 is 0.851 bits per heavy atom. The zero-order valence-electron chi connectivity index (χ0n) is 36.8. The first kappa shape index (κ1) is 38.7. The van der Waals surface area contributed by atoms with Crippen molar-refractivity contribution in [2.75, 3.05) is 0 Å². The normalized spacial score (nSPS) is 12.7. The van der Waals surface area contributed by atoms with E-state index >= 15 is 0 Å². The molecule has 13 rings (SSSR count). The summed E-state index contributed by atoms with van der Waals surface area (Å²) >= 11 is 0. The predicted molar refractivity (Wildman–Crippen MR) is 273 cm³/mol. The lowest BCUT2D eigenvalue weighted by atomic mass is 9.82. The zero-order chi connectivity index (χ0) is 44.6. The van der Waals surface area contributed by atoms with E-state index in [0.29, 0.717) is 17.5 Å². The Balaban J connectivity index is 1.09. The largest absolute Gasteiger partial charge is 0.264 e. The van der Waals surface area contributed by atoms with Crippen molar-refractivity contribution in [3.8, 4) is 78.7 Å². The van der Waals surface area contributed by atoms with Gasteiger partial charge in [0.05, 0.1) is 11.0 Å². The molecule has 0 amide bonds. The van der Waals surface area contributed by atoms with Crippen molar-refractivity contribution in [2.45, 2.75) is 19.3 Å². The van der Waals surface area contributed by atoms with Crippen LogP contribution in [0, 0.1) is 0 Å². The molecule has 0 saturated carbocycles. The molecular formula is C61H40N6. The van der Waals surface area contributed by atoms with Crippen LogP contribution in [0.4, 0.5) is 0 Å². The van der Waals surface area contributed by atoms with Crippen molar-refractivity contribution < 1.29 is 0 Å². The van der Waals surface area contributed by atoms with Crippen LogP contribution in [0.15, 0.2) is 207 Å². The molecule has 6 nitrogen and oxygen atoms in total. The standard InChI is InChI=1S/C61H40N6/c1-61(2)52-20-8-7-17-48(52)49-26-25-41(33-53(49)61)59-65-58(38-23-21-37(22-24-38)42-14-9-27-62-36-42)66-60(67-59)45-31-43(56-46-15-5-3-12-39(46)34-54-50(56)18-10-28-63-54)30-44(32-45)57-47-16-6-4-13-40(47)35-55-51(57)19-11-29-64-55/h3-36H,1-2H3. The summed E-state index contributed by atoms with van der Waals surface area (Å²) in [6.07, 6.45) is 7.42. The van der Waals surface area contributed by atoms with Gasteiger partial charge in [-0.1, -0.05) is 141 Å². The van der Waals surface area contributed by atoms with Crippen molar-refractivity contribution in [1.29, 1.82) is 0 Å². The second-order valence-electron chi connectivity index (χ2n) is 17.9. The van der Waals surface area contributed by atoms with Gasteiger partial charge in [0, 0.05) is 57.7 Å². The highest BCUT2D eigenvalue weighted by Gasteiger charge is 2.35. The lowest BCUT2D eigenvalue weighted by molar-refractivity contribution is 0.660. The topological polar surface area (TPSA) is 77.3 Å². The Kier molecular flexibility index (Phi) is 8.77. The number of nitrogens with zero attached hydrogens (tertiary/aromatic N) is 6. The van der Waals surface area contributed by atoms with E-state index in [1.54, 1.807) is 6.20 Å². The third-order valence-electron chi connectivity index (χ3n) is 13.6. The van der Waals surface area contributed by atoms with Crippen LogP contribution in [0.1, 0.15) is 25.0 Å². The van der Waals surface area contributed by atoms with E-state index in [0.717, 1.165) is 93.4 Å². The molecule has 0 radical (unpaired) electrons. The Hall–Kier alpha value is -8.74. The SMILES string of the molecule is CC1(C)c2ccccc2-c2ccc(-c3nc(-c4ccc(-c5cccnc5)cc4)nc(-c4cc(-c5c6ccccc6cc6ncccc56)cc(-c5c6ccccc6cc6ncccc56)c4)n3)cc21. The van der Waals surface area contributed by atoms with Gasteiger partial charge in [0.2, 0.25) is 0 Å². The molecule has 0 atom stereocenters. The summed E-state index contributed by atoms with van der Waals surface area (Å²) in [4.78, 5) is 30.3. The molecular weight excluding hydrogens is 817 g/mol. The average molecular weight is 857 g/mol. The lowest BCUT2D eigenvalue weighted by Gasteiger charge is -2.21. The van der Waals surface area contributed by atoms with Crippen LogP contribution in [0.5, 0.6) is 0 Å². The van der Waals surface area contributed by atoms with Gasteiger partial charge in [-0.2, -0.15) is 0 Å². The molecule has 6 heteroatoms. The van der Waals surface area contributed by atoms with Crippen molar-refractivity contribution in [1.82, 2.24) is 29.9 Å². The molecule has 12 aromatic rings. The number of benzene rings is 8. The summed E-state index contributed by atoms with van der Waals surface area (Å²) < 4.78 is 0. The van der Waals surface area contributed by atoms with Gasteiger partial charge in [-0.15, -0.1) is 0 Å². The minimum Gasteiger partial charge on any atom is -0.264 e. The Morgan fingerprint density at radius 1 is 0.343 bits per heavy atom. The zero-order valence-corrected chi connectivity index (χ0v) is 36.8. The fourth-order valence-electron chi connectivity index (χ4n) is 10.4. The molecule has 4 aromatic heterocycles. The maximum atomic E-state index is 5.45. The second-order valence-corrected chi connectivity index (χ2v) is 17.9. The van der Waals surface area contributed by atoms with Crippen molar-refractivity contribution in [2.24, 2.45) is 0 Å². The number of hydrogen-bond acceptors (Lipinski definition) is 6. The monoisotopic (exact) mass is 856 g/mol. The Bertz CT molecular complexity index is 3710. The number of hydrogen-bond donors (Lipinski definition) is 0. The van der Waals surface area contributed by atoms with Gasteiger partial charge < -0.3 is 0 Å². The molecule has 1 aliphatic rings. The van der Waals surface area contributed by atoms with Gasteiger partial charge in [-0.25, -0.2) is 15.0 Å². The third-order valence-corrected chi connectivity index (χ3v) is 13.6. The highest BCUT2D eigenvalue weighted by atomic mass is 15.0. The van der Waals surface area contributed by atoms with Gasteiger partial charge in [-0.05, 0) is 132 Å². The summed E-state index contributed by atoms with van der Waals surface area (Å²) in [6.45, 7) is 4.61. The highest BCUT2D eigenvalue weighted by molar-refractivity contribution is 6.15. The first-order valence-corrected chi connectivity index (χ1v) is 22.7. The van der Waals surface area contributed by atoms with E-state index in [2.05, 4.69) is 183 Å². The minimum atomic E-state index is -0.196. The van der Waals surface area contributed by atoms with E-state index in [1.165, 1.54) is 22.3 Å². The summed E-state index contributed by atoms with van der Waals surface area (Å²) in [5.41, 5.74) is 15.9. The number of pyridine rings is 3. The third kappa shape index (κ3) is 6.40. The van der Waals surface area contributed by atoms with E-state index in [-0.39, 0.29) is 5.41 Å². The molecule has 0 N–H and O–H groups in total. The first-order valence-electron chi connectivity index (χ1n) is 22.7. The molecule has 0 fully saturated rings. The van der Waals surface area contributed by atoms with Crippen LogP contribution >= 0.6 is 0 Å². The molecule has 4 heterocycles. The smallest absolute Gasteiger partial charge is 0.164 e. The molecule has 1 aliphatic carbocycles. The summed E-state index contributed by atoms with van der Waals surface area (Å²) in [5, 5.41) is 6.67. The van der Waals surface area contributed by atoms with Crippen LogP contribution in [-0.4, -0.2) is 29.9 Å². The summed E-state index contributed by atoms with van der Waals surface area (Å²) in [6, 6.07) is 64.6. The van der Waals surface area contributed by atoms with Crippen molar-refractivity contribution in [3.63, 3.8) is 0 Å². The van der Waals surface area contributed by atoms with Crippen LogP contribution in [0.25, 0.3) is 122 Å². The molecule has 0 unspecified atom stereocenters. The summed E-state index contributed by atoms with van der Waals surface area (Å²) in [7, 11) is 0. The van der Waals surface area contributed by atoms with E-state index in [9.17, 15) is 0 Å². The fourth-order valence-corrected chi connectivity index (χ4v) is 10.4. The Labute approximate surface area is 387 Å². The van der Waals surface area contributed by atoms with Crippen molar-refractivity contribution in [3.05, 3.63) is 218 Å². The molecule has 0 saturated heterocycles. The molecule has 8 aromatic carbocycles. The summed E-state index contributed by atoms with van der Waals surface area (Å²) in [5.74, 6) is 1.78. The average Bonchev–Trinajstić information content (AvgIpc) is 3.62. The second kappa shape index (κ2) is 15.2. The number of aromatic nitrogens is 6. The van der Waals surface area contributed by atoms with Crippen LogP contribution < -0.4 is 0 Å². The lowest BCUT2D eigenvalue weighted by Crippen LogP contribution is -2.15. The van der Waals surface area contributed by atoms with Crippen LogP contribution in [0.2, 0.25) is 0 Å². The first-order chi connectivity index (χ1) is 32.9. The van der Waals surface area contributed by atoms with Crippen molar-refractivity contribution >= 4 is 43.4 Å². The van der Waals surface area contributed by atoms with Gasteiger partial charge in [0.15, 0.2) is 17.5 Å². The Morgan fingerprint density at radius 3 is 1.49 bits per heavy atom. The van der Waals surface area contributed by atoms with Gasteiger partial charge in [0.1, 0.15) is 0 Å². The molecule has 0 aliphatic heterocycles. The number of fused-ring (bicyclic) bond motifs is 7. The quantitative estimate of drug-likeness (QED) is 0.155. The molecule has 314 valence electrons. The van der Waals surface area contributed by atoms with E-state index in [1.807, 2.05) is 36.8 Å². The molecule has 0 bridgehead atoms. The maximum Gasteiger partial charge on any atom is 0.164 e.